The first-order valence-corrected chi connectivity index (χ1v) is 10.9. The molecular formula is C21H23FN4O3S. The molecule has 1 atom stereocenters. The summed E-state index contributed by atoms with van der Waals surface area (Å²) in [5.74, 6) is -0.311. The number of amides is 4. The van der Waals surface area contributed by atoms with Crippen molar-refractivity contribution in [3.8, 4) is 0 Å². The van der Waals surface area contributed by atoms with E-state index in [0.717, 1.165) is 5.56 Å². The zero-order chi connectivity index (χ0) is 21.5. The molecule has 0 spiro atoms. The van der Waals surface area contributed by atoms with Gasteiger partial charge < -0.3 is 16.0 Å². The summed E-state index contributed by atoms with van der Waals surface area (Å²) in [6.07, 6.45) is 2.35. The molecule has 3 rings (SSSR count). The van der Waals surface area contributed by atoms with Gasteiger partial charge in [0.1, 0.15) is 18.4 Å². The van der Waals surface area contributed by atoms with E-state index < -0.39 is 12.1 Å². The van der Waals surface area contributed by atoms with Gasteiger partial charge in [-0.3, -0.25) is 14.5 Å². The Morgan fingerprint density at radius 3 is 2.67 bits per heavy atom. The fourth-order valence-electron chi connectivity index (χ4n) is 3.06. The number of halogens is 1. The molecule has 3 N–H and O–H groups in total. The Kier molecular flexibility index (Phi) is 7.29. The number of rotatable bonds is 7. The number of carbonyl (C=O) groups excluding carboxylic acids is 3. The quantitative estimate of drug-likeness (QED) is 0.630. The van der Waals surface area contributed by atoms with Crippen molar-refractivity contribution in [2.75, 3.05) is 28.8 Å². The maximum atomic E-state index is 13.0. The highest BCUT2D eigenvalue weighted by Gasteiger charge is 2.29. The Balaban J connectivity index is 1.67. The summed E-state index contributed by atoms with van der Waals surface area (Å²) in [5.41, 5.74) is 1.87. The summed E-state index contributed by atoms with van der Waals surface area (Å²) in [7, 11) is 0. The predicted octanol–water partition coefficient (Wildman–Crippen LogP) is 2.73. The minimum Gasteiger partial charge on any atom is -0.350 e. The molecule has 0 saturated heterocycles. The summed E-state index contributed by atoms with van der Waals surface area (Å²) in [4.78, 5) is 38.9. The Morgan fingerprint density at radius 1 is 1.20 bits per heavy atom. The maximum Gasteiger partial charge on any atom is 0.323 e. The van der Waals surface area contributed by atoms with Gasteiger partial charge in [-0.1, -0.05) is 24.3 Å². The minimum atomic E-state index is -0.762. The van der Waals surface area contributed by atoms with Gasteiger partial charge in [-0.2, -0.15) is 11.8 Å². The second-order valence-corrected chi connectivity index (χ2v) is 7.76. The molecule has 0 unspecified atom stereocenters. The first kappa shape index (κ1) is 21.6. The number of urea groups is 1. The molecule has 0 bridgehead atoms. The summed E-state index contributed by atoms with van der Waals surface area (Å²) < 4.78 is 13.0. The van der Waals surface area contributed by atoms with E-state index in [1.54, 1.807) is 48.2 Å². The number of nitrogens with one attached hydrogen (secondary N) is 3. The molecule has 9 heteroatoms. The van der Waals surface area contributed by atoms with Crippen LogP contribution in [-0.2, 0) is 16.1 Å². The van der Waals surface area contributed by atoms with E-state index in [2.05, 4.69) is 16.0 Å². The van der Waals surface area contributed by atoms with Crippen LogP contribution in [0.25, 0.3) is 0 Å². The molecule has 7 nitrogen and oxygen atoms in total. The molecular weight excluding hydrogens is 407 g/mol. The number of hydrogen-bond donors (Lipinski definition) is 3. The van der Waals surface area contributed by atoms with Gasteiger partial charge in [0.15, 0.2) is 0 Å². The Labute approximate surface area is 178 Å². The molecule has 1 aliphatic rings. The van der Waals surface area contributed by atoms with Gasteiger partial charge in [-0.25, -0.2) is 9.18 Å². The van der Waals surface area contributed by atoms with Crippen molar-refractivity contribution in [3.63, 3.8) is 0 Å². The molecule has 158 valence electrons. The van der Waals surface area contributed by atoms with E-state index in [1.165, 1.54) is 17.0 Å². The lowest BCUT2D eigenvalue weighted by atomic mass is 10.1. The third-order valence-corrected chi connectivity index (χ3v) is 5.26. The predicted molar refractivity (Wildman–Crippen MR) is 116 cm³/mol. The highest BCUT2D eigenvalue weighted by Crippen LogP contribution is 2.28. The van der Waals surface area contributed by atoms with Crippen LogP contribution in [0.5, 0.6) is 0 Å². The van der Waals surface area contributed by atoms with Gasteiger partial charge in [0.05, 0.1) is 11.4 Å². The number of nitrogens with zero attached hydrogens (tertiary/aromatic N) is 1. The van der Waals surface area contributed by atoms with Crippen LogP contribution in [0.15, 0.2) is 48.5 Å². The average molecular weight is 431 g/mol. The van der Waals surface area contributed by atoms with Crippen molar-refractivity contribution in [2.24, 2.45) is 0 Å². The number of para-hydroxylation sites is 2. The number of thioether (sulfide) groups is 1. The molecule has 0 aromatic heterocycles. The molecule has 1 heterocycles. The maximum absolute atomic E-state index is 13.0. The molecule has 0 fully saturated rings. The fraction of sp³-hybridized carbons (Fsp3) is 0.286. The standard InChI is InChI=1S/C21H23FN4O3S/c1-30-11-10-17(20(28)23-12-14-6-8-15(22)9-7-14)25-21(29)26-13-19(27)24-16-4-2-3-5-18(16)26/h2-9,17H,10-13H2,1H3,(H,23,28)(H,24,27)(H,25,29)/t17-/m0/s1. The monoisotopic (exact) mass is 430 g/mol. The third-order valence-electron chi connectivity index (χ3n) is 4.62. The molecule has 0 saturated carbocycles. The molecule has 4 amide bonds. The van der Waals surface area contributed by atoms with Crippen molar-refractivity contribution in [1.29, 1.82) is 0 Å². The van der Waals surface area contributed by atoms with Crippen LogP contribution >= 0.6 is 11.8 Å². The molecule has 0 aliphatic carbocycles. The Morgan fingerprint density at radius 2 is 1.93 bits per heavy atom. The van der Waals surface area contributed by atoms with Crippen LogP contribution in [0, 0.1) is 5.82 Å². The number of fused-ring (bicyclic) bond motifs is 1. The van der Waals surface area contributed by atoms with Gasteiger partial charge in [0, 0.05) is 6.54 Å². The second-order valence-electron chi connectivity index (χ2n) is 6.78. The van der Waals surface area contributed by atoms with Crippen molar-refractivity contribution in [3.05, 3.63) is 59.9 Å². The average Bonchev–Trinajstić information content (AvgIpc) is 2.75. The number of anilines is 2. The smallest absolute Gasteiger partial charge is 0.323 e. The molecule has 2 aromatic rings. The molecule has 0 radical (unpaired) electrons. The first-order valence-electron chi connectivity index (χ1n) is 9.46. The highest BCUT2D eigenvalue weighted by atomic mass is 32.2. The molecule has 1 aliphatic heterocycles. The third kappa shape index (κ3) is 5.50. The van der Waals surface area contributed by atoms with E-state index in [-0.39, 0.29) is 30.7 Å². The Bertz CT molecular complexity index is 923. The van der Waals surface area contributed by atoms with Crippen molar-refractivity contribution in [2.45, 2.75) is 19.0 Å². The van der Waals surface area contributed by atoms with Gasteiger partial charge >= 0.3 is 6.03 Å². The van der Waals surface area contributed by atoms with Crippen LogP contribution in [0.2, 0.25) is 0 Å². The highest BCUT2D eigenvalue weighted by molar-refractivity contribution is 7.98. The summed E-state index contributed by atoms with van der Waals surface area (Å²) in [6.45, 7) is 0.0923. The number of benzene rings is 2. The van der Waals surface area contributed by atoms with Crippen molar-refractivity contribution < 1.29 is 18.8 Å². The van der Waals surface area contributed by atoms with Crippen LogP contribution in [0.4, 0.5) is 20.6 Å². The second kappa shape index (κ2) is 10.1. The zero-order valence-electron chi connectivity index (χ0n) is 16.5. The van der Waals surface area contributed by atoms with E-state index in [4.69, 9.17) is 0 Å². The van der Waals surface area contributed by atoms with Crippen LogP contribution in [-0.4, -0.2) is 42.4 Å². The van der Waals surface area contributed by atoms with Crippen LogP contribution < -0.4 is 20.9 Å². The van der Waals surface area contributed by atoms with Gasteiger partial charge in [0.2, 0.25) is 11.8 Å². The van der Waals surface area contributed by atoms with E-state index in [1.807, 2.05) is 6.26 Å². The topological polar surface area (TPSA) is 90.5 Å². The number of carbonyl (C=O) groups is 3. The normalized spacial score (nSPS) is 13.8. The largest absolute Gasteiger partial charge is 0.350 e. The fourth-order valence-corrected chi connectivity index (χ4v) is 3.53. The van der Waals surface area contributed by atoms with Gasteiger partial charge in [-0.05, 0) is 48.3 Å². The van der Waals surface area contributed by atoms with Crippen LogP contribution in [0.1, 0.15) is 12.0 Å². The zero-order valence-corrected chi connectivity index (χ0v) is 17.3. The first-order chi connectivity index (χ1) is 14.5. The van der Waals surface area contributed by atoms with E-state index in [0.29, 0.717) is 23.5 Å². The van der Waals surface area contributed by atoms with E-state index >= 15 is 0 Å². The lowest BCUT2D eigenvalue weighted by molar-refractivity contribution is -0.123. The lowest BCUT2D eigenvalue weighted by Crippen LogP contribution is -2.54. The summed E-state index contributed by atoms with van der Waals surface area (Å²) >= 11 is 1.56. The minimum absolute atomic E-state index is 0.130. The van der Waals surface area contributed by atoms with Gasteiger partial charge in [0.25, 0.3) is 0 Å². The summed E-state index contributed by atoms with van der Waals surface area (Å²) in [6, 6.07) is 11.6. The van der Waals surface area contributed by atoms with Crippen molar-refractivity contribution >= 4 is 41.0 Å². The lowest BCUT2D eigenvalue weighted by Gasteiger charge is -2.30. The van der Waals surface area contributed by atoms with Crippen LogP contribution in [0.3, 0.4) is 0 Å². The number of hydrogen-bond acceptors (Lipinski definition) is 4. The van der Waals surface area contributed by atoms with Gasteiger partial charge in [-0.15, -0.1) is 0 Å². The molecule has 30 heavy (non-hydrogen) atoms. The Hall–Kier alpha value is -3.07. The summed E-state index contributed by atoms with van der Waals surface area (Å²) in [5, 5.41) is 8.26. The van der Waals surface area contributed by atoms with Crippen molar-refractivity contribution in [1.82, 2.24) is 10.6 Å². The molecule has 2 aromatic carbocycles. The van der Waals surface area contributed by atoms with E-state index in [9.17, 15) is 18.8 Å². The SMILES string of the molecule is CSCC[C@H](NC(=O)N1CC(=O)Nc2ccccc21)C(=O)NCc1ccc(F)cc1.